The van der Waals surface area contributed by atoms with E-state index in [2.05, 4.69) is 20.0 Å². The third kappa shape index (κ3) is 2.29. The second-order valence-corrected chi connectivity index (χ2v) is 3.09. The van der Waals surface area contributed by atoms with Crippen LogP contribution in [0, 0.1) is 0 Å². The third-order valence-electron chi connectivity index (χ3n) is 1.93. The Morgan fingerprint density at radius 2 is 2.31 bits per heavy atom. The smallest absolute Gasteiger partial charge is 0.414 e. The molecule has 0 spiro atoms. The lowest BCUT2D eigenvalue weighted by Gasteiger charge is -2.01. The van der Waals surface area contributed by atoms with Crippen LogP contribution in [-0.4, -0.2) is 34.4 Å². The average molecular weight is 221 g/mol. The van der Waals surface area contributed by atoms with Crippen molar-refractivity contribution in [2.75, 3.05) is 18.5 Å². The van der Waals surface area contributed by atoms with Gasteiger partial charge in [0.15, 0.2) is 0 Å². The number of hydrogen-bond acceptors (Lipinski definition) is 4. The number of aromatic nitrogens is 2. The summed E-state index contributed by atoms with van der Waals surface area (Å²) in [6.07, 6.45) is -0.645. The summed E-state index contributed by atoms with van der Waals surface area (Å²) in [6, 6.07) is 7.41. The SMILES string of the molecule is O=C(Nc1nc2ccccc2[nH]1)OCCO. The van der Waals surface area contributed by atoms with Crippen LogP contribution < -0.4 is 5.32 Å². The van der Waals surface area contributed by atoms with Gasteiger partial charge in [0.2, 0.25) is 5.95 Å². The highest BCUT2D eigenvalue weighted by Gasteiger charge is 2.06. The first kappa shape index (κ1) is 10.4. The van der Waals surface area contributed by atoms with Gasteiger partial charge in [0.25, 0.3) is 0 Å². The van der Waals surface area contributed by atoms with Crippen molar-refractivity contribution < 1.29 is 14.6 Å². The van der Waals surface area contributed by atoms with Crippen LogP contribution in [0.3, 0.4) is 0 Å². The highest BCUT2D eigenvalue weighted by Crippen LogP contribution is 2.13. The number of aliphatic hydroxyl groups excluding tert-OH is 1. The molecule has 0 unspecified atom stereocenters. The van der Waals surface area contributed by atoms with Crippen molar-refractivity contribution in [3.05, 3.63) is 24.3 Å². The van der Waals surface area contributed by atoms with Crippen molar-refractivity contribution in [1.29, 1.82) is 0 Å². The summed E-state index contributed by atoms with van der Waals surface area (Å²) in [5.41, 5.74) is 1.60. The van der Waals surface area contributed by atoms with Gasteiger partial charge in [0.1, 0.15) is 6.61 Å². The molecule has 16 heavy (non-hydrogen) atoms. The number of benzene rings is 1. The van der Waals surface area contributed by atoms with Gasteiger partial charge in [-0.3, -0.25) is 5.32 Å². The van der Waals surface area contributed by atoms with Crippen LogP contribution in [0.4, 0.5) is 10.7 Å². The van der Waals surface area contributed by atoms with Crippen molar-refractivity contribution in [2.45, 2.75) is 0 Å². The molecule has 0 aliphatic heterocycles. The summed E-state index contributed by atoms with van der Waals surface area (Å²) in [5.74, 6) is 0.323. The lowest BCUT2D eigenvalue weighted by Crippen LogP contribution is -2.16. The number of fused-ring (bicyclic) bond motifs is 1. The number of H-pyrrole nitrogens is 1. The molecule has 1 aromatic carbocycles. The molecule has 84 valence electrons. The van der Waals surface area contributed by atoms with Gasteiger partial charge in [-0.2, -0.15) is 0 Å². The van der Waals surface area contributed by atoms with E-state index in [1.165, 1.54) is 0 Å². The van der Waals surface area contributed by atoms with Gasteiger partial charge in [-0.05, 0) is 12.1 Å². The maximum atomic E-state index is 11.1. The van der Waals surface area contributed by atoms with E-state index in [0.717, 1.165) is 11.0 Å². The number of hydrogen-bond donors (Lipinski definition) is 3. The summed E-state index contributed by atoms with van der Waals surface area (Å²) in [4.78, 5) is 18.2. The minimum Gasteiger partial charge on any atom is -0.447 e. The number of carbonyl (C=O) groups is 1. The maximum absolute atomic E-state index is 11.1. The zero-order chi connectivity index (χ0) is 11.4. The summed E-state index contributed by atoms with van der Waals surface area (Å²) in [6.45, 7) is -0.236. The first-order valence-electron chi connectivity index (χ1n) is 4.79. The summed E-state index contributed by atoms with van der Waals surface area (Å²) in [7, 11) is 0. The first-order chi connectivity index (χ1) is 7.79. The number of nitrogens with zero attached hydrogens (tertiary/aromatic N) is 1. The van der Waals surface area contributed by atoms with Crippen molar-refractivity contribution in [2.24, 2.45) is 0 Å². The van der Waals surface area contributed by atoms with Crippen molar-refractivity contribution >= 4 is 23.1 Å². The number of anilines is 1. The molecule has 6 nitrogen and oxygen atoms in total. The third-order valence-corrected chi connectivity index (χ3v) is 1.93. The molecule has 0 saturated heterocycles. The minimum absolute atomic E-state index is 0.0357. The Hall–Kier alpha value is -2.08. The molecule has 1 amide bonds. The Labute approximate surface area is 91.3 Å². The molecule has 6 heteroatoms. The van der Waals surface area contributed by atoms with Crippen LogP contribution in [-0.2, 0) is 4.74 Å². The van der Waals surface area contributed by atoms with Gasteiger partial charge in [0.05, 0.1) is 17.6 Å². The van der Waals surface area contributed by atoms with Gasteiger partial charge >= 0.3 is 6.09 Å². The molecular formula is C10H11N3O3. The van der Waals surface area contributed by atoms with Gasteiger partial charge in [-0.1, -0.05) is 12.1 Å². The molecule has 1 aromatic heterocycles. The second-order valence-electron chi connectivity index (χ2n) is 3.09. The number of aliphatic hydroxyl groups is 1. The van der Waals surface area contributed by atoms with Gasteiger partial charge in [-0.15, -0.1) is 0 Å². The van der Waals surface area contributed by atoms with E-state index in [1.807, 2.05) is 24.3 Å². The Morgan fingerprint density at radius 3 is 3.06 bits per heavy atom. The van der Waals surface area contributed by atoms with Crippen LogP contribution in [0.1, 0.15) is 0 Å². The molecule has 0 aliphatic carbocycles. The van der Waals surface area contributed by atoms with Crippen LogP contribution in [0.5, 0.6) is 0 Å². The van der Waals surface area contributed by atoms with Gasteiger partial charge < -0.3 is 14.8 Å². The second kappa shape index (κ2) is 4.63. The number of nitrogens with one attached hydrogen (secondary N) is 2. The van der Waals surface area contributed by atoms with Crippen molar-refractivity contribution in [3.63, 3.8) is 0 Å². The van der Waals surface area contributed by atoms with E-state index < -0.39 is 6.09 Å². The van der Waals surface area contributed by atoms with Crippen LogP contribution >= 0.6 is 0 Å². The lowest BCUT2D eigenvalue weighted by atomic mass is 10.3. The number of imidazole rings is 1. The Balaban J connectivity index is 2.07. The zero-order valence-corrected chi connectivity index (χ0v) is 8.43. The highest BCUT2D eigenvalue weighted by atomic mass is 16.6. The molecule has 1 heterocycles. The summed E-state index contributed by atoms with van der Waals surface area (Å²) < 4.78 is 4.63. The van der Waals surface area contributed by atoms with Crippen LogP contribution in [0.15, 0.2) is 24.3 Å². The van der Waals surface area contributed by atoms with E-state index >= 15 is 0 Å². The minimum atomic E-state index is -0.645. The molecule has 0 bridgehead atoms. The number of amides is 1. The van der Waals surface area contributed by atoms with E-state index in [9.17, 15) is 4.79 Å². The average Bonchev–Trinajstić information content (AvgIpc) is 2.68. The van der Waals surface area contributed by atoms with E-state index in [1.54, 1.807) is 0 Å². The zero-order valence-electron chi connectivity index (χ0n) is 8.43. The molecule has 0 fully saturated rings. The monoisotopic (exact) mass is 221 g/mol. The van der Waals surface area contributed by atoms with Crippen LogP contribution in [0.2, 0.25) is 0 Å². The van der Waals surface area contributed by atoms with Crippen molar-refractivity contribution in [1.82, 2.24) is 9.97 Å². The maximum Gasteiger partial charge on any atom is 0.414 e. The highest BCUT2D eigenvalue weighted by molar-refractivity contribution is 5.86. The first-order valence-corrected chi connectivity index (χ1v) is 4.79. The fourth-order valence-electron chi connectivity index (χ4n) is 1.28. The molecule has 0 aliphatic rings. The van der Waals surface area contributed by atoms with E-state index in [4.69, 9.17) is 5.11 Å². The number of rotatable bonds is 3. The largest absolute Gasteiger partial charge is 0.447 e. The Morgan fingerprint density at radius 1 is 1.50 bits per heavy atom. The fourth-order valence-corrected chi connectivity index (χ4v) is 1.28. The lowest BCUT2D eigenvalue weighted by molar-refractivity contribution is 0.131. The Bertz CT molecular complexity index is 462. The molecular weight excluding hydrogens is 210 g/mol. The van der Waals surface area contributed by atoms with Gasteiger partial charge in [0, 0.05) is 0 Å². The molecule has 2 rings (SSSR count). The van der Waals surface area contributed by atoms with E-state index in [-0.39, 0.29) is 13.2 Å². The van der Waals surface area contributed by atoms with E-state index in [0.29, 0.717) is 5.95 Å². The van der Waals surface area contributed by atoms with Crippen molar-refractivity contribution in [3.8, 4) is 0 Å². The molecule has 0 atom stereocenters. The fraction of sp³-hybridized carbons (Fsp3) is 0.200. The normalized spacial score (nSPS) is 10.3. The number of carbonyl (C=O) groups excluding carboxylic acids is 1. The Kier molecular flexibility index (Phi) is 3.02. The van der Waals surface area contributed by atoms with Gasteiger partial charge in [-0.25, -0.2) is 9.78 Å². The quantitative estimate of drug-likeness (QED) is 0.724. The molecule has 2 aromatic rings. The molecule has 0 radical (unpaired) electrons. The molecule has 0 saturated carbocycles. The molecule has 3 N–H and O–H groups in total. The standard InChI is InChI=1S/C10H11N3O3/c14-5-6-16-10(15)13-9-11-7-3-1-2-4-8(7)12-9/h1-4,14H,5-6H2,(H2,11,12,13,15). The predicted molar refractivity (Wildman–Crippen MR) is 58.2 cm³/mol. The summed E-state index contributed by atoms with van der Waals surface area (Å²) in [5, 5.41) is 10.9. The van der Waals surface area contributed by atoms with Crippen LogP contribution in [0.25, 0.3) is 11.0 Å². The summed E-state index contributed by atoms with van der Waals surface area (Å²) >= 11 is 0. The number of para-hydroxylation sites is 2. The predicted octanol–water partition coefficient (Wildman–Crippen LogP) is 1.10. The topological polar surface area (TPSA) is 87.2 Å². The number of ether oxygens (including phenoxy) is 1. The number of aromatic amines is 1.